The van der Waals surface area contributed by atoms with Crippen molar-refractivity contribution in [1.82, 2.24) is 20.0 Å². The number of carbonyl (C=O) groups excluding carboxylic acids is 2. The maximum Gasteiger partial charge on any atom is 0.326 e. The van der Waals surface area contributed by atoms with Crippen LogP contribution >= 0.6 is 11.6 Å². The highest BCUT2D eigenvalue weighted by Crippen LogP contribution is 2.23. The second kappa shape index (κ2) is 10.3. The summed E-state index contributed by atoms with van der Waals surface area (Å²) in [4.78, 5) is 35.1. The first-order valence-electron chi connectivity index (χ1n) is 10.9. The van der Waals surface area contributed by atoms with Crippen LogP contribution in [0.4, 0.5) is 4.79 Å². The number of halogens is 1. The number of unbranched alkanes of at least 4 members (excludes halogenated alkanes) is 1. The van der Waals surface area contributed by atoms with Crippen molar-refractivity contribution in [2.75, 3.05) is 46.3 Å². The molecular formula is C23H28ClN5O3. The minimum absolute atomic E-state index is 0.324. The monoisotopic (exact) mass is 457 g/mol. The van der Waals surface area contributed by atoms with Crippen molar-refractivity contribution < 1.29 is 14.0 Å². The van der Waals surface area contributed by atoms with Crippen molar-refractivity contribution in [2.45, 2.75) is 19.0 Å². The number of imide groups is 1. The van der Waals surface area contributed by atoms with E-state index < -0.39 is 12.2 Å². The van der Waals surface area contributed by atoms with Gasteiger partial charge in [-0.2, -0.15) is 0 Å². The van der Waals surface area contributed by atoms with Crippen LogP contribution in [0.15, 0.2) is 45.8 Å². The molecule has 2 saturated heterocycles. The zero-order chi connectivity index (χ0) is 22.5. The number of nitrogens with zero attached hydrogens (tertiary/aromatic N) is 4. The normalized spacial score (nSPS) is 20.4. The van der Waals surface area contributed by atoms with Crippen molar-refractivity contribution in [3.8, 4) is 11.3 Å². The Hall–Kier alpha value is -2.68. The number of rotatable bonds is 8. The van der Waals surface area contributed by atoms with Gasteiger partial charge in [0, 0.05) is 43.3 Å². The summed E-state index contributed by atoms with van der Waals surface area (Å²) in [6, 6.07) is 10.5. The molecule has 3 amide bonds. The average Bonchev–Trinajstić information content (AvgIpc) is 3.36. The van der Waals surface area contributed by atoms with E-state index in [1.54, 1.807) is 18.2 Å². The van der Waals surface area contributed by atoms with Crippen LogP contribution in [0.25, 0.3) is 11.3 Å². The van der Waals surface area contributed by atoms with Gasteiger partial charge in [-0.1, -0.05) is 11.6 Å². The highest BCUT2D eigenvalue weighted by Gasteiger charge is 2.37. The summed E-state index contributed by atoms with van der Waals surface area (Å²) < 4.78 is 5.76. The Kier molecular flexibility index (Phi) is 7.24. The number of aliphatic imine (C=N–C) groups is 1. The molecule has 1 aromatic carbocycles. The third-order valence-electron chi connectivity index (χ3n) is 5.81. The van der Waals surface area contributed by atoms with Crippen LogP contribution in [-0.2, 0) is 4.79 Å². The molecule has 3 heterocycles. The molecule has 0 bridgehead atoms. The lowest BCUT2D eigenvalue weighted by molar-refractivity contribution is -0.127. The van der Waals surface area contributed by atoms with E-state index in [0.717, 1.165) is 51.1 Å². The Bertz CT molecular complexity index is 966. The molecule has 170 valence electrons. The van der Waals surface area contributed by atoms with E-state index in [2.05, 4.69) is 27.2 Å². The summed E-state index contributed by atoms with van der Waals surface area (Å²) in [6.07, 6.45) is 2.29. The van der Waals surface area contributed by atoms with Gasteiger partial charge in [0.25, 0.3) is 5.91 Å². The van der Waals surface area contributed by atoms with Crippen LogP contribution in [-0.4, -0.2) is 85.3 Å². The lowest BCUT2D eigenvalue weighted by Crippen LogP contribution is -2.44. The quantitative estimate of drug-likeness (QED) is 0.374. The molecule has 0 saturated carbocycles. The topological polar surface area (TPSA) is 81.4 Å². The molecule has 2 fully saturated rings. The molecule has 0 radical (unpaired) electrons. The van der Waals surface area contributed by atoms with Crippen LogP contribution in [0.3, 0.4) is 0 Å². The maximum absolute atomic E-state index is 12.6. The highest BCUT2D eigenvalue weighted by molar-refractivity contribution is 6.30. The van der Waals surface area contributed by atoms with Crippen molar-refractivity contribution in [1.29, 1.82) is 0 Å². The fraction of sp³-hybridized carbons (Fsp3) is 0.435. The number of benzene rings is 1. The van der Waals surface area contributed by atoms with Gasteiger partial charge in [-0.15, -0.1) is 0 Å². The van der Waals surface area contributed by atoms with Gasteiger partial charge in [-0.05, 0) is 62.8 Å². The number of likely N-dealkylation sites (N-methyl/N-ethyl adjacent to an activating group) is 1. The summed E-state index contributed by atoms with van der Waals surface area (Å²) in [6.45, 7) is 5.72. The first-order valence-corrected chi connectivity index (χ1v) is 11.3. The Morgan fingerprint density at radius 2 is 1.78 bits per heavy atom. The lowest BCUT2D eigenvalue weighted by atomic mass is 10.2. The van der Waals surface area contributed by atoms with Gasteiger partial charge in [0.2, 0.25) is 6.17 Å². The molecule has 0 aliphatic carbocycles. The average molecular weight is 458 g/mol. The van der Waals surface area contributed by atoms with Gasteiger partial charge in [0.15, 0.2) is 0 Å². The summed E-state index contributed by atoms with van der Waals surface area (Å²) in [5, 5.41) is 3.29. The van der Waals surface area contributed by atoms with E-state index in [1.165, 1.54) is 11.1 Å². The molecule has 1 atom stereocenters. The molecular weight excluding hydrogens is 430 g/mol. The number of carbonyl (C=O) groups is 2. The van der Waals surface area contributed by atoms with E-state index in [4.69, 9.17) is 16.0 Å². The molecule has 32 heavy (non-hydrogen) atoms. The molecule has 1 N–H and O–H groups in total. The van der Waals surface area contributed by atoms with Gasteiger partial charge in [-0.25, -0.2) is 4.79 Å². The third kappa shape index (κ3) is 5.56. The number of urea groups is 1. The highest BCUT2D eigenvalue weighted by atomic mass is 35.5. The first-order chi connectivity index (χ1) is 15.5. The molecule has 1 unspecified atom stereocenters. The minimum atomic E-state index is -0.913. The molecule has 9 heteroatoms. The molecule has 2 aromatic rings. The molecule has 2 aliphatic heterocycles. The molecule has 8 nitrogen and oxygen atoms in total. The number of furan rings is 1. The smallest absolute Gasteiger partial charge is 0.326 e. The van der Waals surface area contributed by atoms with Crippen LogP contribution in [0.5, 0.6) is 0 Å². The van der Waals surface area contributed by atoms with Crippen molar-refractivity contribution in [2.24, 2.45) is 4.99 Å². The second-order valence-corrected chi connectivity index (χ2v) is 8.62. The Balaban J connectivity index is 1.25. The standard InChI is InChI=1S/C23H28ClN5O3/c1-27-12-14-28(15-13-27)10-2-3-11-29-22(30)21(26-23(29)31)25-16-19-8-9-20(32-19)17-4-6-18(24)7-5-17/h4-9,16,21H,2-3,10-15H2,1H3,(H,26,31)/b25-16+. The third-order valence-corrected chi connectivity index (χ3v) is 6.07. The number of hydrogen-bond donors (Lipinski definition) is 1. The predicted molar refractivity (Wildman–Crippen MR) is 124 cm³/mol. The van der Waals surface area contributed by atoms with Gasteiger partial charge in [-0.3, -0.25) is 14.7 Å². The summed E-state index contributed by atoms with van der Waals surface area (Å²) in [5.74, 6) is 0.852. The van der Waals surface area contributed by atoms with Gasteiger partial charge >= 0.3 is 6.03 Å². The largest absolute Gasteiger partial charge is 0.455 e. The predicted octanol–water partition coefficient (Wildman–Crippen LogP) is 2.92. The van der Waals surface area contributed by atoms with Crippen LogP contribution < -0.4 is 5.32 Å². The van der Waals surface area contributed by atoms with Crippen molar-refractivity contribution >= 4 is 29.8 Å². The maximum atomic E-state index is 12.6. The van der Waals surface area contributed by atoms with E-state index >= 15 is 0 Å². The fourth-order valence-corrected chi connectivity index (χ4v) is 3.96. The van der Waals surface area contributed by atoms with E-state index in [9.17, 15) is 9.59 Å². The van der Waals surface area contributed by atoms with Gasteiger partial charge < -0.3 is 19.5 Å². The minimum Gasteiger partial charge on any atom is -0.455 e. The molecule has 1 aromatic heterocycles. The fourth-order valence-electron chi connectivity index (χ4n) is 3.83. The summed E-state index contributed by atoms with van der Waals surface area (Å²) >= 11 is 5.92. The van der Waals surface area contributed by atoms with Crippen LogP contribution in [0.1, 0.15) is 18.6 Å². The number of amides is 3. The summed E-state index contributed by atoms with van der Waals surface area (Å²) in [7, 11) is 2.14. The zero-order valence-corrected chi connectivity index (χ0v) is 18.9. The van der Waals surface area contributed by atoms with E-state index in [0.29, 0.717) is 23.1 Å². The number of nitrogens with one attached hydrogen (secondary N) is 1. The Labute approximate surface area is 192 Å². The second-order valence-electron chi connectivity index (χ2n) is 8.18. The van der Waals surface area contributed by atoms with Crippen LogP contribution in [0.2, 0.25) is 5.02 Å². The molecule has 2 aliphatic rings. The first kappa shape index (κ1) is 22.5. The Morgan fingerprint density at radius 1 is 1.06 bits per heavy atom. The number of hydrogen-bond acceptors (Lipinski definition) is 6. The number of piperazine rings is 1. The lowest BCUT2D eigenvalue weighted by Gasteiger charge is -2.32. The van der Waals surface area contributed by atoms with Crippen molar-refractivity contribution in [3.63, 3.8) is 0 Å². The summed E-state index contributed by atoms with van der Waals surface area (Å²) in [5.41, 5.74) is 0.891. The SMILES string of the molecule is CN1CCN(CCCCN2C(=O)NC(/N=C/c3ccc(-c4ccc(Cl)cc4)o3)C2=O)CC1. The molecule has 4 rings (SSSR count). The Morgan fingerprint density at radius 3 is 2.53 bits per heavy atom. The van der Waals surface area contributed by atoms with Gasteiger partial charge in [0.05, 0.1) is 6.21 Å². The van der Waals surface area contributed by atoms with Gasteiger partial charge in [0.1, 0.15) is 11.5 Å². The van der Waals surface area contributed by atoms with E-state index in [1.807, 2.05) is 18.2 Å². The van der Waals surface area contributed by atoms with Crippen LogP contribution in [0, 0.1) is 0 Å². The zero-order valence-electron chi connectivity index (χ0n) is 18.2. The van der Waals surface area contributed by atoms with Crippen molar-refractivity contribution in [3.05, 3.63) is 47.2 Å². The molecule has 0 spiro atoms. The van der Waals surface area contributed by atoms with E-state index in [-0.39, 0.29) is 5.91 Å².